The van der Waals surface area contributed by atoms with E-state index in [-0.39, 0.29) is 36.5 Å². The van der Waals surface area contributed by atoms with Gasteiger partial charge in [-0.3, -0.25) is 14.2 Å². The number of nitrogens with zero attached hydrogens (tertiary/aromatic N) is 6. The Morgan fingerprint density at radius 1 is 1.32 bits per heavy atom. The summed E-state index contributed by atoms with van der Waals surface area (Å²) < 4.78 is 1.17. The van der Waals surface area contributed by atoms with Crippen LogP contribution in [0, 0.1) is 11.3 Å². The molecule has 0 aromatic carbocycles. The molecule has 0 atom stereocenters. The molecule has 28 heavy (non-hydrogen) atoms. The van der Waals surface area contributed by atoms with E-state index in [2.05, 4.69) is 20.5 Å². The predicted octanol–water partition coefficient (Wildman–Crippen LogP) is -0.592. The Labute approximate surface area is 168 Å². The summed E-state index contributed by atoms with van der Waals surface area (Å²) in [6, 6.07) is 1.99. The van der Waals surface area contributed by atoms with Crippen LogP contribution in [0.15, 0.2) is 11.1 Å². The highest BCUT2D eigenvalue weighted by Crippen LogP contribution is 2.28. The quantitative estimate of drug-likeness (QED) is 0.670. The average Bonchev–Trinajstić information content (AvgIpc) is 3.25. The van der Waals surface area contributed by atoms with Crippen LogP contribution in [0.25, 0.3) is 0 Å². The summed E-state index contributed by atoms with van der Waals surface area (Å²) in [5, 5.41) is 18.4. The van der Waals surface area contributed by atoms with Gasteiger partial charge in [0.25, 0.3) is 0 Å². The topological polar surface area (TPSA) is 140 Å². The highest BCUT2D eigenvalue weighted by Gasteiger charge is 2.21. The molecule has 0 spiro atoms. The number of nitriles is 1. The zero-order chi connectivity index (χ0) is 20.1. The van der Waals surface area contributed by atoms with Crippen molar-refractivity contribution in [3.05, 3.63) is 26.8 Å². The van der Waals surface area contributed by atoms with Crippen LogP contribution >= 0.6 is 22.9 Å². The zero-order valence-electron chi connectivity index (χ0n) is 14.7. The molecule has 1 aliphatic rings. The molecule has 2 amide bonds. The van der Waals surface area contributed by atoms with Crippen LogP contribution in [-0.4, -0.2) is 69.2 Å². The molecule has 2 N–H and O–H groups in total. The first-order chi connectivity index (χ1) is 13.5. The molecule has 11 nitrogen and oxygen atoms in total. The van der Waals surface area contributed by atoms with Crippen LogP contribution in [0.2, 0.25) is 5.15 Å². The largest absolute Gasteiger partial charge is 0.354 e. The molecule has 1 saturated heterocycles. The first-order valence-electron chi connectivity index (χ1n) is 8.43. The number of H-pyrrole nitrogens is 1. The van der Waals surface area contributed by atoms with Gasteiger partial charge < -0.3 is 15.1 Å². The number of thiazole rings is 1. The lowest BCUT2D eigenvalue weighted by Crippen LogP contribution is -2.46. The van der Waals surface area contributed by atoms with E-state index < -0.39 is 5.69 Å². The van der Waals surface area contributed by atoms with E-state index in [4.69, 9.17) is 16.9 Å². The van der Waals surface area contributed by atoms with E-state index in [1.807, 2.05) is 11.0 Å². The Kier molecular flexibility index (Phi) is 6.27. The highest BCUT2D eigenvalue weighted by atomic mass is 35.5. The van der Waals surface area contributed by atoms with Gasteiger partial charge in [0.1, 0.15) is 23.8 Å². The molecule has 0 unspecified atom stereocenters. The molecular weight excluding hydrogens is 408 g/mol. The van der Waals surface area contributed by atoms with Crippen molar-refractivity contribution in [2.45, 2.75) is 13.0 Å². The molecule has 2 aromatic rings. The van der Waals surface area contributed by atoms with Gasteiger partial charge in [0.05, 0.1) is 0 Å². The minimum Gasteiger partial charge on any atom is -0.354 e. The fourth-order valence-electron chi connectivity index (χ4n) is 2.68. The molecule has 1 aliphatic heterocycles. The maximum absolute atomic E-state index is 12.6. The minimum atomic E-state index is -0.477. The van der Waals surface area contributed by atoms with Gasteiger partial charge in [-0.05, 0) is 0 Å². The number of aromatic amines is 1. The van der Waals surface area contributed by atoms with Gasteiger partial charge in [-0.25, -0.2) is 14.9 Å². The number of carbonyl (C=O) groups excluding carboxylic acids is 2. The number of aromatic nitrogens is 4. The second kappa shape index (κ2) is 8.85. The van der Waals surface area contributed by atoms with Crippen LogP contribution in [0.3, 0.4) is 0 Å². The molecule has 1 fully saturated rings. The number of carbonyl (C=O) groups is 2. The van der Waals surface area contributed by atoms with Crippen molar-refractivity contribution in [1.29, 1.82) is 5.26 Å². The number of hydrogen-bond donors (Lipinski definition) is 2. The normalized spacial score (nSPS) is 15.8. The predicted molar refractivity (Wildman–Crippen MR) is 101 cm³/mol. The molecule has 13 heteroatoms. The van der Waals surface area contributed by atoms with Gasteiger partial charge in [-0.2, -0.15) is 10.4 Å². The van der Waals surface area contributed by atoms with Gasteiger partial charge >= 0.3 is 5.69 Å². The molecule has 0 bridgehead atoms. The summed E-state index contributed by atoms with van der Waals surface area (Å²) in [6.07, 6.45) is 1.43. The van der Waals surface area contributed by atoms with Crippen LogP contribution in [0.1, 0.15) is 11.3 Å². The fourth-order valence-corrected chi connectivity index (χ4v) is 3.78. The smallest absolute Gasteiger partial charge is 0.343 e. The Morgan fingerprint density at radius 3 is 2.82 bits per heavy atom. The third kappa shape index (κ3) is 4.68. The van der Waals surface area contributed by atoms with Crippen LogP contribution in [-0.2, 0) is 16.1 Å². The Bertz CT molecular complexity index is 961. The SMILES string of the molecule is N#Cc1sc(N2CCNC(=O)CCN(C(=O)Cn3cn[nH]c3=O)CC2)nc1Cl. The van der Waals surface area contributed by atoms with Crippen LogP contribution in [0.5, 0.6) is 0 Å². The van der Waals surface area contributed by atoms with E-state index in [0.717, 1.165) is 11.3 Å². The Morgan fingerprint density at radius 2 is 2.14 bits per heavy atom. The number of hydrogen-bond acceptors (Lipinski definition) is 8. The maximum Gasteiger partial charge on any atom is 0.343 e. The molecule has 148 valence electrons. The van der Waals surface area contributed by atoms with Crippen molar-refractivity contribution < 1.29 is 9.59 Å². The standard InChI is InChI=1S/C15H17ClN8O3S/c16-13-10(7-17)28-15(20-13)23-4-2-18-11(25)1-3-22(5-6-23)12(26)8-24-9-19-21-14(24)27/h9H,1-6,8H2,(H,18,25)(H,21,27). The minimum absolute atomic E-state index is 0.135. The summed E-state index contributed by atoms with van der Waals surface area (Å²) in [5.41, 5.74) is -0.477. The molecule has 0 saturated carbocycles. The number of nitrogens with one attached hydrogen (secondary N) is 2. The highest BCUT2D eigenvalue weighted by molar-refractivity contribution is 7.16. The van der Waals surface area contributed by atoms with Crippen molar-refractivity contribution in [2.75, 3.05) is 37.6 Å². The molecule has 2 aromatic heterocycles. The number of halogens is 1. The third-order valence-corrected chi connectivity index (χ3v) is 5.58. The van der Waals surface area contributed by atoms with Crippen molar-refractivity contribution in [3.63, 3.8) is 0 Å². The summed E-state index contributed by atoms with van der Waals surface area (Å²) in [4.78, 5) is 44.1. The van der Waals surface area contributed by atoms with Gasteiger partial charge in [0.2, 0.25) is 11.8 Å². The van der Waals surface area contributed by atoms with E-state index in [0.29, 0.717) is 36.2 Å². The molecule has 0 aliphatic carbocycles. The number of amides is 2. The number of anilines is 1. The lowest BCUT2D eigenvalue weighted by Gasteiger charge is -2.29. The van der Waals surface area contributed by atoms with E-state index in [9.17, 15) is 14.4 Å². The van der Waals surface area contributed by atoms with Crippen LogP contribution < -0.4 is 15.9 Å². The number of rotatable bonds is 3. The first kappa shape index (κ1) is 19.8. The molecule has 0 radical (unpaired) electrons. The summed E-state index contributed by atoms with van der Waals surface area (Å²) >= 11 is 7.12. The third-order valence-electron chi connectivity index (χ3n) is 4.18. The first-order valence-corrected chi connectivity index (χ1v) is 9.63. The Balaban J connectivity index is 1.75. The van der Waals surface area contributed by atoms with E-state index in [1.54, 1.807) is 0 Å². The van der Waals surface area contributed by atoms with E-state index in [1.165, 1.54) is 15.8 Å². The summed E-state index contributed by atoms with van der Waals surface area (Å²) in [6.45, 7) is 1.71. The summed E-state index contributed by atoms with van der Waals surface area (Å²) in [5.74, 6) is -0.471. The molecular formula is C15H17ClN8O3S. The maximum atomic E-state index is 12.6. The fraction of sp³-hybridized carbons (Fsp3) is 0.467. The average molecular weight is 425 g/mol. The van der Waals surface area contributed by atoms with Gasteiger partial charge in [-0.15, -0.1) is 0 Å². The van der Waals surface area contributed by atoms with Crippen LogP contribution in [0.4, 0.5) is 5.13 Å². The van der Waals surface area contributed by atoms with Crippen molar-refractivity contribution in [2.24, 2.45) is 0 Å². The molecule has 3 rings (SSSR count). The second-order valence-electron chi connectivity index (χ2n) is 5.99. The second-order valence-corrected chi connectivity index (χ2v) is 7.32. The van der Waals surface area contributed by atoms with Gasteiger partial charge in [-0.1, -0.05) is 22.9 Å². The van der Waals surface area contributed by atoms with E-state index >= 15 is 0 Å². The molecule has 3 heterocycles. The van der Waals surface area contributed by atoms with Crippen molar-refractivity contribution in [3.8, 4) is 6.07 Å². The van der Waals surface area contributed by atoms with Crippen molar-refractivity contribution >= 4 is 39.9 Å². The van der Waals surface area contributed by atoms with Gasteiger partial charge in [0.15, 0.2) is 10.3 Å². The van der Waals surface area contributed by atoms with Crippen molar-refractivity contribution in [1.82, 2.24) is 30.0 Å². The monoisotopic (exact) mass is 424 g/mol. The van der Waals surface area contributed by atoms with Gasteiger partial charge in [0, 0.05) is 39.1 Å². The lowest BCUT2D eigenvalue weighted by molar-refractivity contribution is -0.132. The zero-order valence-corrected chi connectivity index (χ0v) is 16.3. The summed E-state index contributed by atoms with van der Waals surface area (Å²) in [7, 11) is 0. The lowest BCUT2D eigenvalue weighted by atomic mass is 10.3. The Hall–Kier alpha value is -2.91.